The quantitative estimate of drug-likeness (QED) is 0.311. The van der Waals surface area contributed by atoms with Gasteiger partial charge in [-0.1, -0.05) is 66.4 Å². The summed E-state index contributed by atoms with van der Waals surface area (Å²) in [5.41, 5.74) is 3.12. The SMILES string of the molecule is COc1ccc(Cc2nnc(SCC(=O)N3c4ccccc4SC[C@H]3c3ccccc3)o2)cc1. The highest BCUT2D eigenvalue weighted by Gasteiger charge is 2.32. The smallest absolute Gasteiger partial charge is 0.277 e. The molecule has 0 aliphatic carbocycles. The minimum Gasteiger partial charge on any atom is -0.497 e. The Morgan fingerprint density at radius 1 is 1.06 bits per heavy atom. The number of para-hydroxylation sites is 1. The molecule has 34 heavy (non-hydrogen) atoms. The van der Waals surface area contributed by atoms with Gasteiger partial charge in [0, 0.05) is 10.6 Å². The van der Waals surface area contributed by atoms with Crippen LogP contribution in [0.5, 0.6) is 5.75 Å². The Balaban J connectivity index is 1.29. The summed E-state index contributed by atoms with van der Waals surface area (Å²) in [7, 11) is 1.64. The summed E-state index contributed by atoms with van der Waals surface area (Å²) in [6.45, 7) is 0. The van der Waals surface area contributed by atoms with Gasteiger partial charge in [-0.25, -0.2) is 0 Å². The first kappa shape index (κ1) is 22.6. The maximum absolute atomic E-state index is 13.5. The average Bonchev–Trinajstić information content (AvgIpc) is 3.34. The largest absolute Gasteiger partial charge is 0.497 e. The molecule has 0 fully saturated rings. The first-order valence-electron chi connectivity index (χ1n) is 10.9. The van der Waals surface area contributed by atoms with Gasteiger partial charge in [0.05, 0.1) is 31.0 Å². The lowest BCUT2D eigenvalue weighted by atomic mass is 10.1. The summed E-state index contributed by atoms with van der Waals surface area (Å²) >= 11 is 3.06. The van der Waals surface area contributed by atoms with Crippen molar-refractivity contribution in [1.29, 1.82) is 0 Å². The number of aromatic nitrogens is 2. The van der Waals surface area contributed by atoms with Crippen LogP contribution in [-0.4, -0.2) is 34.7 Å². The molecule has 0 saturated carbocycles. The van der Waals surface area contributed by atoms with Gasteiger partial charge in [-0.15, -0.1) is 22.0 Å². The van der Waals surface area contributed by atoms with Gasteiger partial charge in [0.25, 0.3) is 5.22 Å². The summed E-state index contributed by atoms with van der Waals surface area (Å²) in [6.07, 6.45) is 0.526. The maximum Gasteiger partial charge on any atom is 0.277 e. The van der Waals surface area contributed by atoms with E-state index >= 15 is 0 Å². The maximum atomic E-state index is 13.5. The highest BCUT2D eigenvalue weighted by molar-refractivity contribution is 8.00. The Kier molecular flexibility index (Phi) is 6.87. The molecular formula is C26H23N3O3S2. The van der Waals surface area contributed by atoms with Gasteiger partial charge in [0.2, 0.25) is 11.8 Å². The van der Waals surface area contributed by atoms with Crippen molar-refractivity contribution < 1.29 is 13.9 Å². The predicted molar refractivity (Wildman–Crippen MR) is 135 cm³/mol. The van der Waals surface area contributed by atoms with Crippen LogP contribution in [0.1, 0.15) is 23.1 Å². The molecule has 0 spiro atoms. The molecule has 1 aliphatic rings. The number of nitrogens with zero attached hydrogens (tertiary/aromatic N) is 3. The van der Waals surface area contributed by atoms with Gasteiger partial charge in [0.1, 0.15) is 5.75 Å². The Morgan fingerprint density at radius 3 is 2.62 bits per heavy atom. The summed E-state index contributed by atoms with van der Waals surface area (Å²) in [6, 6.07) is 26.0. The first-order chi connectivity index (χ1) is 16.7. The summed E-state index contributed by atoms with van der Waals surface area (Å²) in [5.74, 6) is 2.36. The molecule has 0 unspecified atom stereocenters. The van der Waals surface area contributed by atoms with E-state index in [-0.39, 0.29) is 17.7 Å². The molecule has 0 N–H and O–H groups in total. The average molecular weight is 490 g/mol. The third-order valence-electron chi connectivity index (χ3n) is 5.57. The van der Waals surface area contributed by atoms with Crippen LogP contribution in [0.2, 0.25) is 0 Å². The molecule has 1 amide bonds. The molecule has 6 nitrogen and oxygen atoms in total. The van der Waals surface area contributed by atoms with Crippen molar-refractivity contribution in [2.24, 2.45) is 0 Å². The van der Waals surface area contributed by atoms with Gasteiger partial charge in [-0.05, 0) is 35.4 Å². The van der Waals surface area contributed by atoms with Crippen molar-refractivity contribution in [2.75, 3.05) is 23.5 Å². The summed E-state index contributed by atoms with van der Waals surface area (Å²) in [5, 5.41) is 8.67. The number of rotatable bonds is 7. The van der Waals surface area contributed by atoms with Gasteiger partial charge in [-0.3, -0.25) is 4.79 Å². The highest BCUT2D eigenvalue weighted by Crippen LogP contribution is 2.43. The fraction of sp³-hybridized carbons (Fsp3) is 0.192. The van der Waals surface area contributed by atoms with Crippen LogP contribution in [-0.2, 0) is 11.2 Å². The third kappa shape index (κ3) is 4.98. The number of amides is 1. The van der Waals surface area contributed by atoms with Crippen molar-refractivity contribution >= 4 is 35.1 Å². The number of fused-ring (bicyclic) bond motifs is 1. The highest BCUT2D eigenvalue weighted by atomic mass is 32.2. The van der Waals surface area contributed by atoms with Crippen molar-refractivity contribution in [1.82, 2.24) is 10.2 Å². The topological polar surface area (TPSA) is 68.5 Å². The van der Waals surface area contributed by atoms with Crippen LogP contribution in [0.15, 0.2) is 93.4 Å². The third-order valence-corrected chi connectivity index (χ3v) is 7.51. The monoisotopic (exact) mass is 489 g/mol. The Morgan fingerprint density at radius 2 is 1.82 bits per heavy atom. The Hall–Kier alpha value is -3.23. The number of thioether (sulfide) groups is 2. The molecule has 3 aromatic carbocycles. The van der Waals surface area contributed by atoms with E-state index in [0.29, 0.717) is 17.5 Å². The molecule has 1 aliphatic heterocycles. The van der Waals surface area contributed by atoms with Gasteiger partial charge >= 0.3 is 0 Å². The molecule has 1 aromatic heterocycles. The normalized spacial score (nSPS) is 15.1. The predicted octanol–water partition coefficient (Wildman–Crippen LogP) is 5.64. The molecular weight excluding hydrogens is 466 g/mol. The molecule has 0 bridgehead atoms. The molecule has 4 aromatic rings. The zero-order chi connectivity index (χ0) is 23.3. The molecule has 2 heterocycles. The number of ether oxygens (including phenoxy) is 1. The summed E-state index contributed by atoms with van der Waals surface area (Å²) < 4.78 is 11.0. The second-order valence-electron chi connectivity index (χ2n) is 7.74. The second kappa shape index (κ2) is 10.4. The minimum absolute atomic E-state index is 0.0153. The van der Waals surface area contributed by atoms with E-state index in [2.05, 4.69) is 28.4 Å². The van der Waals surface area contributed by atoms with Crippen LogP contribution in [0.4, 0.5) is 5.69 Å². The van der Waals surface area contributed by atoms with Crippen LogP contribution in [0.3, 0.4) is 0 Å². The lowest BCUT2D eigenvalue weighted by Gasteiger charge is -2.37. The lowest BCUT2D eigenvalue weighted by Crippen LogP contribution is -2.39. The second-order valence-corrected chi connectivity index (χ2v) is 9.73. The van der Waals surface area contributed by atoms with Crippen LogP contribution in [0, 0.1) is 0 Å². The Labute approximate surface area is 206 Å². The lowest BCUT2D eigenvalue weighted by molar-refractivity contribution is -0.116. The molecule has 0 radical (unpaired) electrons. The zero-order valence-corrected chi connectivity index (χ0v) is 20.2. The standard InChI is InChI=1S/C26H23N3O3S2/c1-31-20-13-11-18(12-14-20)15-24-27-28-26(32-24)34-17-25(30)29-21-9-5-6-10-23(21)33-16-22(29)19-7-3-2-4-8-19/h2-14,22H,15-17H2,1H3/t22-/m0/s1. The van der Waals surface area contributed by atoms with Crippen LogP contribution < -0.4 is 9.64 Å². The van der Waals surface area contributed by atoms with Crippen molar-refractivity contribution in [2.45, 2.75) is 22.6 Å². The number of anilines is 1. The Bertz CT molecular complexity index is 1260. The molecule has 0 saturated heterocycles. The van der Waals surface area contributed by atoms with Gasteiger partial charge < -0.3 is 14.1 Å². The number of hydrogen-bond acceptors (Lipinski definition) is 7. The van der Waals surface area contributed by atoms with E-state index < -0.39 is 0 Å². The number of carbonyl (C=O) groups excluding carboxylic acids is 1. The molecule has 8 heteroatoms. The number of carbonyl (C=O) groups is 1. The van der Waals surface area contributed by atoms with Gasteiger partial charge in [0.15, 0.2) is 0 Å². The minimum atomic E-state index is -0.0254. The number of hydrogen-bond donors (Lipinski definition) is 0. The van der Waals surface area contributed by atoms with Crippen LogP contribution in [0.25, 0.3) is 0 Å². The van der Waals surface area contributed by atoms with E-state index in [1.807, 2.05) is 65.6 Å². The fourth-order valence-corrected chi connectivity index (χ4v) is 5.70. The van der Waals surface area contributed by atoms with Crippen molar-refractivity contribution in [3.8, 4) is 5.75 Å². The number of methoxy groups -OCH3 is 1. The fourth-order valence-electron chi connectivity index (χ4n) is 3.90. The van der Waals surface area contributed by atoms with Crippen molar-refractivity contribution in [3.05, 3.63) is 95.9 Å². The zero-order valence-electron chi connectivity index (χ0n) is 18.6. The summed E-state index contributed by atoms with van der Waals surface area (Å²) in [4.78, 5) is 16.5. The molecule has 5 rings (SSSR count). The van der Waals surface area contributed by atoms with E-state index in [9.17, 15) is 4.79 Å². The van der Waals surface area contributed by atoms with E-state index in [1.54, 1.807) is 18.9 Å². The first-order valence-corrected chi connectivity index (χ1v) is 12.9. The molecule has 1 atom stereocenters. The van der Waals surface area contributed by atoms with E-state index in [4.69, 9.17) is 9.15 Å². The van der Waals surface area contributed by atoms with E-state index in [0.717, 1.165) is 33.2 Å². The van der Waals surface area contributed by atoms with Crippen LogP contribution >= 0.6 is 23.5 Å². The molecule has 172 valence electrons. The van der Waals surface area contributed by atoms with Gasteiger partial charge in [-0.2, -0.15) is 0 Å². The van der Waals surface area contributed by atoms with Crippen molar-refractivity contribution in [3.63, 3.8) is 0 Å². The number of benzene rings is 3. The van der Waals surface area contributed by atoms with E-state index in [1.165, 1.54) is 11.8 Å².